The third-order valence-corrected chi connectivity index (χ3v) is 3.93. The summed E-state index contributed by atoms with van der Waals surface area (Å²) in [6.45, 7) is 2.03. The van der Waals surface area contributed by atoms with Crippen molar-refractivity contribution in [2.24, 2.45) is 0 Å². The van der Waals surface area contributed by atoms with Crippen LogP contribution in [-0.4, -0.2) is 9.55 Å². The number of rotatable bonds is 2. The molecule has 2 aromatic heterocycles. The van der Waals surface area contributed by atoms with Gasteiger partial charge in [-0.1, -0.05) is 6.07 Å². The van der Waals surface area contributed by atoms with Crippen molar-refractivity contribution in [1.82, 2.24) is 9.55 Å². The molecule has 0 aliphatic rings. The minimum Gasteiger partial charge on any atom is -0.288 e. The number of benzene rings is 1. The van der Waals surface area contributed by atoms with Gasteiger partial charge in [-0.05, 0) is 42.1 Å². The Bertz CT molecular complexity index is 655. The molecule has 0 aliphatic heterocycles. The van der Waals surface area contributed by atoms with Gasteiger partial charge in [0.1, 0.15) is 10.8 Å². The van der Waals surface area contributed by atoms with Crippen molar-refractivity contribution in [3.8, 4) is 5.00 Å². The number of hydrogen-bond donors (Lipinski definition) is 0. The van der Waals surface area contributed by atoms with Crippen LogP contribution in [-0.2, 0) is 5.88 Å². The van der Waals surface area contributed by atoms with Crippen LogP contribution < -0.4 is 0 Å². The molecule has 0 fully saturated rings. The van der Waals surface area contributed by atoms with E-state index in [4.69, 9.17) is 11.6 Å². The number of hydrogen-bond acceptors (Lipinski definition) is 2. The van der Waals surface area contributed by atoms with Crippen molar-refractivity contribution >= 4 is 34.0 Å². The van der Waals surface area contributed by atoms with E-state index in [1.54, 1.807) is 11.3 Å². The molecule has 86 valence electrons. The lowest BCUT2D eigenvalue weighted by Crippen LogP contribution is -1.93. The van der Waals surface area contributed by atoms with Gasteiger partial charge in [-0.25, -0.2) is 4.98 Å². The SMILES string of the molecule is Cc1nc2ccc(CCl)cc2n1-c1cccs1. The molecule has 0 saturated carbocycles. The Kier molecular flexibility index (Phi) is 2.65. The quantitative estimate of drug-likeness (QED) is 0.635. The molecule has 0 bridgehead atoms. The zero-order valence-electron chi connectivity index (χ0n) is 9.35. The molecule has 0 atom stereocenters. The number of thiophene rings is 1. The summed E-state index contributed by atoms with van der Waals surface area (Å²) >= 11 is 7.60. The molecular formula is C13H11ClN2S. The van der Waals surface area contributed by atoms with Crippen LogP contribution in [0.15, 0.2) is 35.7 Å². The molecule has 3 rings (SSSR count). The standard InChI is InChI=1S/C13H11ClN2S/c1-9-15-11-5-4-10(8-14)7-12(11)16(9)13-3-2-6-17-13/h2-7H,8H2,1H3. The molecule has 0 spiro atoms. The van der Waals surface area contributed by atoms with Crippen LogP contribution in [0.3, 0.4) is 0 Å². The number of alkyl halides is 1. The third kappa shape index (κ3) is 1.75. The molecule has 4 heteroatoms. The molecular weight excluding hydrogens is 252 g/mol. The van der Waals surface area contributed by atoms with Crippen molar-refractivity contribution < 1.29 is 0 Å². The van der Waals surface area contributed by atoms with E-state index in [0.29, 0.717) is 5.88 Å². The predicted molar refractivity (Wildman–Crippen MR) is 73.2 cm³/mol. The van der Waals surface area contributed by atoms with Gasteiger partial charge in [0, 0.05) is 5.88 Å². The van der Waals surface area contributed by atoms with E-state index in [9.17, 15) is 0 Å². The van der Waals surface area contributed by atoms with Crippen molar-refractivity contribution in [1.29, 1.82) is 0 Å². The van der Waals surface area contributed by atoms with E-state index in [1.807, 2.05) is 19.1 Å². The van der Waals surface area contributed by atoms with Crippen LogP contribution in [0.5, 0.6) is 0 Å². The van der Waals surface area contributed by atoms with Gasteiger partial charge in [-0.3, -0.25) is 4.57 Å². The van der Waals surface area contributed by atoms with Gasteiger partial charge in [0.15, 0.2) is 0 Å². The molecule has 3 aromatic rings. The maximum Gasteiger partial charge on any atom is 0.111 e. The van der Waals surface area contributed by atoms with Gasteiger partial charge in [-0.2, -0.15) is 0 Å². The first-order valence-electron chi connectivity index (χ1n) is 5.37. The molecule has 17 heavy (non-hydrogen) atoms. The minimum absolute atomic E-state index is 0.532. The molecule has 1 aromatic carbocycles. The fraction of sp³-hybridized carbons (Fsp3) is 0.154. The van der Waals surface area contributed by atoms with Gasteiger partial charge >= 0.3 is 0 Å². The number of halogens is 1. The molecule has 0 unspecified atom stereocenters. The van der Waals surface area contributed by atoms with Gasteiger partial charge in [0.05, 0.1) is 11.0 Å². The Morgan fingerprint density at radius 3 is 2.94 bits per heavy atom. The highest BCUT2D eigenvalue weighted by Crippen LogP contribution is 2.25. The second-order valence-electron chi connectivity index (χ2n) is 3.90. The van der Waals surface area contributed by atoms with Crippen molar-refractivity contribution in [2.45, 2.75) is 12.8 Å². The van der Waals surface area contributed by atoms with Gasteiger partial charge < -0.3 is 0 Å². The lowest BCUT2D eigenvalue weighted by Gasteiger charge is -2.03. The van der Waals surface area contributed by atoms with Crippen molar-refractivity contribution in [2.75, 3.05) is 0 Å². The summed E-state index contributed by atoms with van der Waals surface area (Å²) < 4.78 is 2.18. The predicted octanol–water partition coefficient (Wildman–Crippen LogP) is 4.13. The summed E-state index contributed by atoms with van der Waals surface area (Å²) in [4.78, 5) is 4.57. The van der Waals surface area contributed by atoms with E-state index in [-0.39, 0.29) is 0 Å². The first-order chi connectivity index (χ1) is 8.29. The number of aryl methyl sites for hydroxylation is 1. The summed E-state index contributed by atoms with van der Waals surface area (Å²) in [5, 5.41) is 3.27. The highest BCUT2D eigenvalue weighted by Gasteiger charge is 2.10. The van der Waals surface area contributed by atoms with Crippen LogP contribution in [0.25, 0.3) is 16.0 Å². The summed E-state index contributed by atoms with van der Waals surface area (Å²) in [7, 11) is 0. The van der Waals surface area contributed by atoms with E-state index < -0.39 is 0 Å². The number of imidazole rings is 1. The van der Waals surface area contributed by atoms with Crippen LogP contribution in [0.1, 0.15) is 11.4 Å². The van der Waals surface area contributed by atoms with E-state index >= 15 is 0 Å². The van der Waals surface area contributed by atoms with Gasteiger partial charge in [0.2, 0.25) is 0 Å². The van der Waals surface area contributed by atoms with Crippen molar-refractivity contribution in [3.05, 3.63) is 47.1 Å². The molecule has 0 radical (unpaired) electrons. The van der Waals surface area contributed by atoms with Crippen LogP contribution in [0.2, 0.25) is 0 Å². The lowest BCUT2D eigenvalue weighted by molar-refractivity contribution is 1.02. The Balaban J connectivity index is 2.32. The first kappa shape index (κ1) is 10.8. The Morgan fingerprint density at radius 2 is 2.24 bits per heavy atom. The first-order valence-corrected chi connectivity index (χ1v) is 6.79. The maximum atomic E-state index is 5.88. The second-order valence-corrected chi connectivity index (χ2v) is 5.10. The largest absolute Gasteiger partial charge is 0.288 e. The lowest BCUT2D eigenvalue weighted by atomic mass is 10.2. The van der Waals surface area contributed by atoms with E-state index in [2.05, 4.69) is 33.1 Å². The highest BCUT2D eigenvalue weighted by molar-refractivity contribution is 7.12. The summed E-state index contributed by atoms with van der Waals surface area (Å²) in [6.07, 6.45) is 0. The molecule has 0 N–H and O–H groups in total. The second kappa shape index (κ2) is 4.17. The number of nitrogens with zero attached hydrogens (tertiary/aromatic N) is 2. The maximum absolute atomic E-state index is 5.88. The highest BCUT2D eigenvalue weighted by atomic mass is 35.5. The zero-order chi connectivity index (χ0) is 11.8. The summed E-state index contributed by atoms with van der Waals surface area (Å²) in [5.41, 5.74) is 3.27. The summed E-state index contributed by atoms with van der Waals surface area (Å²) in [6, 6.07) is 10.3. The number of aromatic nitrogens is 2. The monoisotopic (exact) mass is 262 g/mol. The van der Waals surface area contributed by atoms with Crippen molar-refractivity contribution in [3.63, 3.8) is 0 Å². The van der Waals surface area contributed by atoms with Gasteiger partial charge in [0.25, 0.3) is 0 Å². The van der Waals surface area contributed by atoms with Crippen LogP contribution >= 0.6 is 22.9 Å². The van der Waals surface area contributed by atoms with Gasteiger partial charge in [-0.15, -0.1) is 22.9 Å². The molecule has 0 amide bonds. The van der Waals surface area contributed by atoms with E-state index in [1.165, 1.54) is 5.00 Å². The molecule has 2 heterocycles. The minimum atomic E-state index is 0.532. The topological polar surface area (TPSA) is 17.8 Å². The smallest absolute Gasteiger partial charge is 0.111 e. The average molecular weight is 263 g/mol. The normalized spacial score (nSPS) is 11.2. The van der Waals surface area contributed by atoms with Crippen LogP contribution in [0, 0.1) is 6.92 Å². The average Bonchev–Trinajstić information content (AvgIpc) is 2.93. The third-order valence-electron chi connectivity index (χ3n) is 2.77. The molecule has 0 aliphatic carbocycles. The Hall–Kier alpha value is -1.32. The fourth-order valence-corrected chi connectivity index (χ4v) is 2.96. The van der Waals surface area contributed by atoms with Crippen LogP contribution in [0.4, 0.5) is 0 Å². The van der Waals surface area contributed by atoms with E-state index in [0.717, 1.165) is 22.4 Å². The molecule has 0 saturated heterocycles. The Morgan fingerprint density at radius 1 is 1.35 bits per heavy atom. The molecule has 2 nitrogen and oxygen atoms in total. The summed E-state index contributed by atoms with van der Waals surface area (Å²) in [5.74, 6) is 1.54. The zero-order valence-corrected chi connectivity index (χ0v) is 10.9. The Labute approximate surface area is 108 Å². The fourth-order valence-electron chi connectivity index (χ4n) is 2.00. The number of fused-ring (bicyclic) bond motifs is 1.